The summed E-state index contributed by atoms with van der Waals surface area (Å²) < 4.78 is 5.90. The van der Waals surface area contributed by atoms with Gasteiger partial charge in [0.05, 0.1) is 6.61 Å². The lowest BCUT2D eigenvalue weighted by atomic mass is 10.1. The Kier molecular flexibility index (Phi) is 9.19. The van der Waals surface area contributed by atoms with Crippen LogP contribution in [0.3, 0.4) is 0 Å². The highest BCUT2D eigenvalue weighted by molar-refractivity contribution is 5.85. The predicted molar refractivity (Wildman–Crippen MR) is 85.2 cm³/mol. The first-order valence-corrected chi connectivity index (χ1v) is 6.40. The molecule has 1 atom stereocenters. The van der Waals surface area contributed by atoms with E-state index in [2.05, 4.69) is 42.7 Å². The Balaban J connectivity index is 0.00000162. The highest BCUT2D eigenvalue weighted by Crippen LogP contribution is 2.22. The lowest BCUT2D eigenvalue weighted by molar-refractivity contribution is 0.271. The summed E-state index contributed by atoms with van der Waals surface area (Å²) in [6, 6.07) is 6.82. The Morgan fingerprint density at radius 1 is 1.16 bits per heavy atom. The number of nitrogens with one attached hydrogen (secondary N) is 2. The fraction of sp³-hybridized carbons (Fsp3) is 0.571. The molecule has 5 heteroatoms. The zero-order valence-electron chi connectivity index (χ0n) is 11.6. The van der Waals surface area contributed by atoms with Crippen molar-refractivity contribution >= 4 is 24.8 Å². The molecule has 2 N–H and O–H groups in total. The molecule has 1 aliphatic rings. The molecule has 1 aromatic carbocycles. The highest BCUT2D eigenvalue weighted by Gasteiger charge is 2.12. The quantitative estimate of drug-likeness (QED) is 0.896. The number of hydrogen-bond acceptors (Lipinski definition) is 3. The fourth-order valence-corrected chi connectivity index (χ4v) is 2.25. The summed E-state index contributed by atoms with van der Waals surface area (Å²) in [5.74, 6) is 1.05. The SMILES string of the molecule is Cc1cccc(C)c1OCCC1CNCCN1.Cl.Cl. The van der Waals surface area contributed by atoms with Gasteiger partial charge in [0.15, 0.2) is 0 Å². The number of ether oxygens (including phenoxy) is 1. The van der Waals surface area contributed by atoms with E-state index < -0.39 is 0 Å². The smallest absolute Gasteiger partial charge is 0.125 e. The van der Waals surface area contributed by atoms with E-state index in [0.29, 0.717) is 6.04 Å². The molecule has 2 rings (SSSR count). The monoisotopic (exact) mass is 306 g/mol. The summed E-state index contributed by atoms with van der Waals surface area (Å²) in [4.78, 5) is 0. The lowest BCUT2D eigenvalue weighted by Gasteiger charge is -2.24. The summed E-state index contributed by atoms with van der Waals surface area (Å²) in [6.45, 7) is 8.18. The minimum atomic E-state index is 0. The van der Waals surface area contributed by atoms with E-state index in [-0.39, 0.29) is 24.8 Å². The molecule has 0 bridgehead atoms. The predicted octanol–water partition coefficient (Wildman–Crippen LogP) is 2.48. The maximum Gasteiger partial charge on any atom is 0.125 e. The minimum Gasteiger partial charge on any atom is -0.493 e. The van der Waals surface area contributed by atoms with Gasteiger partial charge in [-0.25, -0.2) is 0 Å². The van der Waals surface area contributed by atoms with Gasteiger partial charge < -0.3 is 15.4 Å². The number of aryl methyl sites for hydroxylation is 2. The molecular formula is C14H24Cl2N2O. The number of para-hydroxylation sites is 1. The van der Waals surface area contributed by atoms with Crippen LogP contribution in [-0.4, -0.2) is 32.3 Å². The zero-order valence-corrected chi connectivity index (χ0v) is 13.2. The van der Waals surface area contributed by atoms with Crippen molar-refractivity contribution < 1.29 is 4.74 Å². The Bertz CT molecular complexity index is 348. The van der Waals surface area contributed by atoms with E-state index in [0.717, 1.165) is 38.4 Å². The van der Waals surface area contributed by atoms with Crippen LogP contribution in [0.5, 0.6) is 5.75 Å². The van der Waals surface area contributed by atoms with Crippen molar-refractivity contribution in [1.82, 2.24) is 10.6 Å². The van der Waals surface area contributed by atoms with Crippen LogP contribution in [0.2, 0.25) is 0 Å². The number of benzene rings is 1. The lowest BCUT2D eigenvalue weighted by Crippen LogP contribution is -2.48. The molecule has 1 saturated heterocycles. The summed E-state index contributed by atoms with van der Waals surface area (Å²) in [5.41, 5.74) is 2.44. The highest BCUT2D eigenvalue weighted by atomic mass is 35.5. The number of halogens is 2. The molecule has 1 aromatic rings. The Hall–Kier alpha value is -0.480. The maximum atomic E-state index is 5.90. The van der Waals surface area contributed by atoms with E-state index in [1.807, 2.05) is 0 Å². The first-order valence-electron chi connectivity index (χ1n) is 6.40. The molecule has 0 radical (unpaired) electrons. The Morgan fingerprint density at radius 3 is 2.42 bits per heavy atom. The minimum absolute atomic E-state index is 0. The van der Waals surface area contributed by atoms with Crippen molar-refractivity contribution in [3.05, 3.63) is 29.3 Å². The third kappa shape index (κ3) is 5.57. The van der Waals surface area contributed by atoms with Crippen molar-refractivity contribution in [3.8, 4) is 5.75 Å². The van der Waals surface area contributed by atoms with E-state index >= 15 is 0 Å². The molecule has 0 saturated carbocycles. The van der Waals surface area contributed by atoms with Gasteiger partial charge in [0.2, 0.25) is 0 Å². The average molecular weight is 307 g/mol. The molecule has 1 unspecified atom stereocenters. The van der Waals surface area contributed by atoms with Crippen molar-refractivity contribution in [2.75, 3.05) is 26.2 Å². The molecule has 1 heterocycles. The van der Waals surface area contributed by atoms with Crippen LogP contribution >= 0.6 is 24.8 Å². The van der Waals surface area contributed by atoms with Crippen molar-refractivity contribution in [1.29, 1.82) is 0 Å². The van der Waals surface area contributed by atoms with E-state index in [1.54, 1.807) is 0 Å². The Labute approximate surface area is 128 Å². The van der Waals surface area contributed by atoms with Gasteiger partial charge in [-0.15, -0.1) is 24.8 Å². The molecule has 1 fully saturated rings. The molecule has 0 aliphatic carbocycles. The van der Waals surface area contributed by atoms with Crippen LogP contribution in [-0.2, 0) is 0 Å². The molecule has 110 valence electrons. The van der Waals surface area contributed by atoms with Crippen LogP contribution in [0.15, 0.2) is 18.2 Å². The number of hydrogen-bond donors (Lipinski definition) is 2. The van der Waals surface area contributed by atoms with Crippen LogP contribution in [0.1, 0.15) is 17.5 Å². The summed E-state index contributed by atoms with van der Waals surface area (Å²) in [7, 11) is 0. The normalized spacial score (nSPS) is 18.1. The van der Waals surface area contributed by atoms with Crippen molar-refractivity contribution in [2.24, 2.45) is 0 Å². The van der Waals surface area contributed by atoms with Gasteiger partial charge in [0.1, 0.15) is 5.75 Å². The van der Waals surface area contributed by atoms with Gasteiger partial charge in [-0.2, -0.15) is 0 Å². The van der Waals surface area contributed by atoms with E-state index in [9.17, 15) is 0 Å². The molecule has 1 aliphatic heterocycles. The van der Waals surface area contributed by atoms with Gasteiger partial charge in [0.25, 0.3) is 0 Å². The second kappa shape index (κ2) is 9.43. The first kappa shape index (κ1) is 18.5. The standard InChI is InChI=1S/C14H22N2O.2ClH/c1-11-4-3-5-12(2)14(11)17-9-6-13-10-15-7-8-16-13;;/h3-5,13,15-16H,6-10H2,1-2H3;2*1H. The van der Waals surface area contributed by atoms with Crippen molar-refractivity contribution in [3.63, 3.8) is 0 Å². The zero-order chi connectivity index (χ0) is 12.1. The first-order chi connectivity index (χ1) is 8.27. The van der Waals surface area contributed by atoms with Gasteiger partial charge in [0, 0.05) is 25.7 Å². The van der Waals surface area contributed by atoms with Crippen molar-refractivity contribution in [2.45, 2.75) is 26.3 Å². The number of piperazine rings is 1. The molecular weight excluding hydrogens is 283 g/mol. The molecule has 0 spiro atoms. The summed E-state index contributed by atoms with van der Waals surface area (Å²) >= 11 is 0. The van der Waals surface area contributed by atoms with E-state index in [4.69, 9.17) is 4.74 Å². The molecule has 3 nitrogen and oxygen atoms in total. The second-order valence-electron chi connectivity index (χ2n) is 4.71. The fourth-order valence-electron chi connectivity index (χ4n) is 2.25. The third-order valence-electron chi connectivity index (χ3n) is 3.25. The van der Waals surface area contributed by atoms with Crippen LogP contribution < -0.4 is 15.4 Å². The Morgan fingerprint density at radius 2 is 1.84 bits per heavy atom. The summed E-state index contributed by atoms with van der Waals surface area (Å²) in [6.07, 6.45) is 1.06. The van der Waals surface area contributed by atoms with Gasteiger partial charge in [-0.3, -0.25) is 0 Å². The largest absolute Gasteiger partial charge is 0.493 e. The maximum absolute atomic E-state index is 5.90. The van der Waals surface area contributed by atoms with Gasteiger partial charge in [-0.05, 0) is 31.4 Å². The topological polar surface area (TPSA) is 33.3 Å². The third-order valence-corrected chi connectivity index (χ3v) is 3.25. The molecule has 19 heavy (non-hydrogen) atoms. The molecule has 0 amide bonds. The van der Waals surface area contributed by atoms with Gasteiger partial charge >= 0.3 is 0 Å². The molecule has 0 aromatic heterocycles. The van der Waals surface area contributed by atoms with Crippen LogP contribution in [0, 0.1) is 13.8 Å². The van der Waals surface area contributed by atoms with Crippen LogP contribution in [0.4, 0.5) is 0 Å². The van der Waals surface area contributed by atoms with Gasteiger partial charge in [-0.1, -0.05) is 18.2 Å². The summed E-state index contributed by atoms with van der Waals surface area (Å²) in [5, 5.41) is 6.88. The van der Waals surface area contributed by atoms with Crippen LogP contribution in [0.25, 0.3) is 0 Å². The second-order valence-corrected chi connectivity index (χ2v) is 4.71. The average Bonchev–Trinajstić information content (AvgIpc) is 2.34. The number of rotatable bonds is 4. The van der Waals surface area contributed by atoms with E-state index in [1.165, 1.54) is 11.1 Å².